The summed E-state index contributed by atoms with van der Waals surface area (Å²) in [6.07, 6.45) is 8.73. The van der Waals surface area contributed by atoms with Crippen molar-refractivity contribution < 1.29 is 14.3 Å². The topological polar surface area (TPSA) is 46.6 Å². The van der Waals surface area contributed by atoms with Crippen molar-refractivity contribution >= 4 is 23.2 Å². The Morgan fingerprint density at radius 3 is 2.74 bits per heavy atom. The highest BCUT2D eigenvalue weighted by atomic mass is 35.5. The molecule has 186 valence electrons. The number of allylic oxidation sites excluding steroid dienone is 3. The Morgan fingerprint density at radius 1 is 1.18 bits per heavy atom. The zero-order valence-corrected chi connectivity index (χ0v) is 22.0. The standard InChI is InChI=1S/C29H40ClNO3/c1-16-13-23-26(31(15-16)12-11-30)18(3)29(34-23)10-8-21-22-6-5-19-14-20(32)7-9-28(19,4)25(22)27(33)24(21)17(29)2/h14,16,18,21-23,25-26H,5-13,15H2,1-4H3/t16-,18+,21-,22-,23+,25+,26-,28-,29-/m0/s1. The van der Waals surface area contributed by atoms with E-state index in [2.05, 4.69) is 32.6 Å². The molecule has 4 fully saturated rings. The Hall–Kier alpha value is -0.970. The molecule has 0 bridgehead atoms. The van der Waals surface area contributed by atoms with Crippen LogP contribution in [0.2, 0.25) is 0 Å². The van der Waals surface area contributed by atoms with Gasteiger partial charge in [-0.3, -0.25) is 14.5 Å². The molecule has 2 saturated heterocycles. The van der Waals surface area contributed by atoms with Gasteiger partial charge in [-0.2, -0.15) is 0 Å². The minimum Gasteiger partial charge on any atom is -0.365 e. The van der Waals surface area contributed by atoms with Crippen LogP contribution in [0.25, 0.3) is 0 Å². The van der Waals surface area contributed by atoms with Gasteiger partial charge < -0.3 is 4.74 Å². The van der Waals surface area contributed by atoms with E-state index in [1.54, 1.807) is 0 Å². The molecule has 6 aliphatic rings. The smallest absolute Gasteiger partial charge is 0.163 e. The lowest BCUT2D eigenvalue weighted by Gasteiger charge is -2.47. The van der Waals surface area contributed by atoms with Gasteiger partial charge >= 0.3 is 0 Å². The molecule has 0 aromatic heterocycles. The summed E-state index contributed by atoms with van der Waals surface area (Å²) in [6.45, 7) is 11.2. The molecule has 2 saturated carbocycles. The van der Waals surface area contributed by atoms with Gasteiger partial charge in [-0.25, -0.2) is 0 Å². The second kappa shape index (κ2) is 8.02. The third-order valence-corrected chi connectivity index (χ3v) is 11.3. The van der Waals surface area contributed by atoms with Crippen molar-refractivity contribution in [1.29, 1.82) is 0 Å². The highest BCUT2D eigenvalue weighted by molar-refractivity contribution is 6.18. The van der Waals surface area contributed by atoms with Crippen LogP contribution in [-0.4, -0.2) is 53.2 Å². The van der Waals surface area contributed by atoms with Crippen LogP contribution in [0.3, 0.4) is 0 Å². The van der Waals surface area contributed by atoms with Gasteiger partial charge in [-0.15, -0.1) is 11.6 Å². The molecule has 4 nitrogen and oxygen atoms in total. The minimum absolute atomic E-state index is 0.0393. The number of carbonyl (C=O) groups is 2. The molecule has 0 unspecified atom stereocenters. The summed E-state index contributed by atoms with van der Waals surface area (Å²) in [5.41, 5.74) is 3.13. The molecule has 0 amide bonds. The van der Waals surface area contributed by atoms with Gasteiger partial charge in [-0.1, -0.05) is 26.3 Å². The van der Waals surface area contributed by atoms with E-state index >= 15 is 0 Å². The fourth-order valence-corrected chi connectivity index (χ4v) is 9.80. The number of alkyl halides is 1. The number of hydrogen-bond acceptors (Lipinski definition) is 4. The number of nitrogens with zero attached hydrogens (tertiary/aromatic N) is 1. The summed E-state index contributed by atoms with van der Waals surface area (Å²) in [6, 6.07) is 0.386. The molecular weight excluding hydrogens is 446 g/mol. The average molecular weight is 486 g/mol. The Kier molecular flexibility index (Phi) is 5.52. The molecule has 4 aliphatic carbocycles. The summed E-state index contributed by atoms with van der Waals surface area (Å²) in [4.78, 5) is 29.0. The lowest BCUT2D eigenvalue weighted by molar-refractivity contribution is -0.125. The molecule has 0 aromatic rings. The van der Waals surface area contributed by atoms with E-state index in [0.29, 0.717) is 47.8 Å². The highest BCUT2D eigenvalue weighted by Crippen LogP contribution is 2.64. The number of halogens is 1. The molecular formula is C29H40ClNO3. The Morgan fingerprint density at radius 2 is 1.97 bits per heavy atom. The maximum Gasteiger partial charge on any atom is 0.163 e. The zero-order valence-electron chi connectivity index (χ0n) is 21.2. The highest BCUT2D eigenvalue weighted by Gasteiger charge is 2.64. The van der Waals surface area contributed by atoms with Gasteiger partial charge in [0.15, 0.2) is 11.6 Å². The van der Waals surface area contributed by atoms with Crippen LogP contribution in [0.5, 0.6) is 0 Å². The summed E-state index contributed by atoms with van der Waals surface area (Å²) >= 11 is 6.20. The molecule has 9 atom stereocenters. The zero-order chi connectivity index (χ0) is 24.0. The molecule has 5 heteroatoms. The van der Waals surface area contributed by atoms with E-state index in [-0.39, 0.29) is 28.8 Å². The third-order valence-electron chi connectivity index (χ3n) is 11.1. The molecule has 2 aliphatic heterocycles. The number of Topliss-reactive ketones (excluding diaryl/α,β-unsaturated/α-hetero) is 1. The number of ketones is 2. The lowest BCUT2D eigenvalue weighted by atomic mass is 9.56. The fourth-order valence-electron chi connectivity index (χ4n) is 9.58. The van der Waals surface area contributed by atoms with Crippen LogP contribution >= 0.6 is 11.6 Å². The van der Waals surface area contributed by atoms with E-state index < -0.39 is 0 Å². The van der Waals surface area contributed by atoms with E-state index in [0.717, 1.165) is 57.2 Å². The largest absolute Gasteiger partial charge is 0.365 e. The van der Waals surface area contributed by atoms with Gasteiger partial charge in [0.2, 0.25) is 0 Å². The molecule has 0 N–H and O–H groups in total. The van der Waals surface area contributed by atoms with Crippen molar-refractivity contribution in [2.75, 3.05) is 19.0 Å². The predicted octanol–water partition coefficient (Wildman–Crippen LogP) is 5.34. The molecule has 0 radical (unpaired) electrons. The van der Waals surface area contributed by atoms with Crippen LogP contribution in [0, 0.1) is 35.0 Å². The number of likely N-dealkylation sites (tertiary alicyclic amines) is 1. The first-order chi connectivity index (χ1) is 16.2. The van der Waals surface area contributed by atoms with Crippen LogP contribution in [0.15, 0.2) is 22.8 Å². The Bertz CT molecular complexity index is 986. The van der Waals surface area contributed by atoms with Crippen molar-refractivity contribution in [1.82, 2.24) is 4.90 Å². The summed E-state index contributed by atoms with van der Waals surface area (Å²) in [5.74, 6) is 3.07. The minimum atomic E-state index is -0.318. The first-order valence-corrected chi connectivity index (χ1v) is 14.2. The molecule has 0 aromatic carbocycles. The average Bonchev–Trinajstić information content (AvgIpc) is 3.24. The number of fused-ring (bicyclic) bond motifs is 6. The van der Waals surface area contributed by atoms with Crippen LogP contribution < -0.4 is 0 Å². The summed E-state index contributed by atoms with van der Waals surface area (Å²) < 4.78 is 7.07. The fraction of sp³-hybridized carbons (Fsp3) is 0.793. The maximum absolute atomic E-state index is 14.3. The number of rotatable bonds is 2. The number of ether oxygens (including phenoxy) is 1. The second-order valence-corrected chi connectivity index (χ2v) is 13.0. The predicted molar refractivity (Wildman–Crippen MR) is 134 cm³/mol. The van der Waals surface area contributed by atoms with E-state index in [4.69, 9.17) is 16.3 Å². The van der Waals surface area contributed by atoms with Crippen molar-refractivity contribution in [2.45, 2.75) is 90.4 Å². The number of piperidine rings is 1. The first kappa shape index (κ1) is 23.4. The van der Waals surface area contributed by atoms with Gasteiger partial charge in [0.1, 0.15) is 0 Å². The quantitative estimate of drug-likeness (QED) is 0.495. The van der Waals surface area contributed by atoms with Crippen molar-refractivity contribution in [3.8, 4) is 0 Å². The number of carbonyl (C=O) groups excluding carboxylic acids is 2. The van der Waals surface area contributed by atoms with Crippen molar-refractivity contribution in [3.05, 3.63) is 22.8 Å². The maximum atomic E-state index is 14.3. The van der Waals surface area contributed by atoms with Gasteiger partial charge in [0.05, 0.1) is 11.7 Å². The second-order valence-electron chi connectivity index (χ2n) is 12.6. The van der Waals surface area contributed by atoms with Gasteiger partial charge in [0, 0.05) is 48.8 Å². The summed E-state index contributed by atoms with van der Waals surface area (Å²) in [7, 11) is 0. The van der Waals surface area contributed by atoms with Crippen LogP contribution in [0.4, 0.5) is 0 Å². The van der Waals surface area contributed by atoms with E-state index in [1.165, 1.54) is 11.1 Å². The van der Waals surface area contributed by atoms with Gasteiger partial charge in [0.25, 0.3) is 0 Å². The third kappa shape index (κ3) is 3.03. The number of hydrogen-bond donors (Lipinski definition) is 0. The Balaban J connectivity index is 1.39. The van der Waals surface area contributed by atoms with Crippen LogP contribution in [-0.2, 0) is 14.3 Å². The van der Waals surface area contributed by atoms with Crippen molar-refractivity contribution in [2.24, 2.45) is 35.0 Å². The first-order valence-electron chi connectivity index (χ1n) is 13.7. The van der Waals surface area contributed by atoms with Gasteiger partial charge in [-0.05, 0) is 80.3 Å². The van der Waals surface area contributed by atoms with Crippen LogP contribution in [0.1, 0.15) is 72.6 Å². The molecule has 6 rings (SSSR count). The Labute approximate surface area is 209 Å². The molecule has 2 heterocycles. The van der Waals surface area contributed by atoms with Crippen molar-refractivity contribution in [3.63, 3.8) is 0 Å². The monoisotopic (exact) mass is 485 g/mol. The lowest BCUT2D eigenvalue weighted by Crippen LogP contribution is -2.52. The SMILES string of the molecule is CC1=C2C(=O)[C@H]3[C@@H](CCC4=CC(=O)CC[C@@]43C)[C@@H]2CC[C@]12O[C@@H]1C[C@H](C)CN(CCCl)[C@H]1[C@H]2C. The molecule has 1 spiro atoms. The van der Waals surface area contributed by atoms with E-state index in [1.807, 2.05) is 6.08 Å². The molecule has 34 heavy (non-hydrogen) atoms. The summed E-state index contributed by atoms with van der Waals surface area (Å²) in [5, 5.41) is 0. The van der Waals surface area contributed by atoms with E-state index in [9.17, 15) is 9.59 Å². The normalized spacial score (nSPS) is 48.5.